The van der Waals surface area contributed by atoms with Gasteiger partial charge in [-0.3, -0.25) is 4.90 Å². The van der Waals surface area contributed by atoms with Crippen molar-refractivity contribution in [2.45, 2.75) is 43.9 Å². The van der Waals surface area contributed by atoms with E-state index in [0.29, 0.717) is 30.8 Å². The minimum atomic E-state index is -3.44. The molecule has 0 unspecified atom stereocenters. The molecule has 0 atom stereocenters. The molecule has 2 aromatic rings. The zero-order chi connectivity index (χ0) is 21.7. The monoisotopic (exact) mass is 459 g/mol. The van der Waals surface area contributed by atoms with Crippen molar-refractivity contribution in [2.75, 3.05) is 18.9 Å². The molecule has 0 spiro atoms. The molecule has 30 heavy (non-hydrogen) atoms. The van der Waals surface area contributed by atoms with Gasteiger partial charge in [0.05, 0.1) is 17.3 Å². The third-order valence-electron chi connectivity index (χ3n) is 4.79. The molecule has 0 aliphatic heterocycles. The van der Waals surface area contributed by atoms with Crippen LogP contribution >= 0.6 is 11.6 Å². The van der Waals surface area contributed by atoms with Crippen molar-refractivity contribution in [1.29, 1.82) is 0 Å². The van der Waals surface area contributed by atoms with Gasteiger partial charge >= 0.3 is 6.61 Å². The second kappa shape index (κ2) is 9.94. The fourth-order valence-electron chi connectivity index (χ4n) is 3.17. The Morgan fingerprint density at radius 2 is 1.83 bits per heavy atom. The summed E-state index contributed by atoms with van der Waals surface area (Å²) in [7, 11) is -3.44. The van der Waals surface area contributed by atoms with Crippen molar-refractivity contribution in [2.24, 2.45) is 0 Å². The van der Waals surface area contributed by atoms with E-state index in [9.17, 15) is 17.2 Å². The van der Waals surface area contributed by atoms with Crippen LogP contribution in [0.1, 0.15) is 25.3 Å². The third-order valence-corrected chi connectivity index (χ3v) is 6.76. The minimum absolute atomic E-state index is 0.0149. The van der Waals surface area contributed by atoms with E-state index in [2.05, 4.69) is 9.64 Å². The van der Waals surface area contributed by atoms with Gasteiger partial charge in [0, 0.05) is 24.2 Å². The zero-order valence-electron chi connectivity index (χ0n) is 16.6. The number of ether oxygens (including phenoxy) is 2. The summed E-state index contributed by atoms with van der Waals surface area (Å²) in [5.74, 6) is 0.217. The molecule has 2 aromatic carbocycles. The molecular formula is C21H24ClF2NO4S. The van der Waals surface area contributed by atoms with Gasteiger partial charge in [0.25, 0.3) is 0 Å². The maximum Gasteiger partial charge on any atom is 0.387 e. The average Bonchev–Trinajstić information content (AvgIpc) is 3.52. The Kier molecular flexibility index (Phi) is 7.55. The summed E-state index contributed by atoms with van der Waals surface area (Å²) < 4.78 is 60.4. The summed E-state index contributed by atoms with van der Waals surface area (Å²) in [4.78, 5) is 2.35. The van der Waals surface area contributed by atoms with Gasteiger partial charge in [-0.1, -0.05) is 17.7 Å². The molecule has 0 radical (unpaired) electrons. The van der Waals surface area contributed by atoms with Crippen molar-refractivity contribution in [3.05, 3.63) is 53.1 Å². The molecule has 0 heterocycles. The van der Waals surface area contributed by atoms with Crippen LogP contribution in [0.3, 0.4) is 0 Å². The van der Waals surface area contributed by atoms with Crippen LogP contribution in [0.5, 0.6) is 11.5 Å². The van der Waals surface area contributed by atoms with Crippen LogP contribution in [0.4, 0.5) is 8.78 Å². The number of nitrogens with zero attached hydrogens (tertiary/aromatic N) is 1. The maximum absolute atomic E-state index is 12.7. The molecule has 1 fully saturated rings. The summed E-state index contributed by atoms with van der Waals surface area (Å²) in [5.41, 5.74) is 0.843. The molecule has 9 heteroatoms. The first-order chi connectivity index (χ1) is 14.3. The first-order valence-electron chi connectivity index (χ1n) is 9.71. The molecule has 1 saturated carbocycles. The van der Waals surface area contributed by atoms with Gasteiger partial charge in [-0.05, 0) is 61.7 Å². The summed E-state index contributed by atoms with van der Waals surface area (Å²) in [5, 5.41) is 0.484. The van der Waals surface area contributed by atoms with Crippen molar-refractivity contribution in [3.8, 4) is 11.5 Å². The van der Waals surface area contributed by atoms with E-state index >= 15 is 0 Å². The first kappa shape index (κ1) is 22.8. The fraction of sp³-hybridized carbons (Fsp3) is 0.429. The largest absolute Gasteiger partial charge is 0.490 e. The average molecular weight is 460 g/mol. The smallest absolute Gasteiger partial charge is 0.387 e. The summed E-state index contributed by atoms with van der Waals surface area (Å²) >= 11 is 5.84. The normalized spacial score (nSPS) is 14.3. The SMILES string of the molecule is CCOc1cc(CN(CCS(=O)(=O)c2ccc(Cl)cc2)C2CC2)ccc1OC(F)F. The minimum Gasteiger partial charge on any atom is -0.490 e. The highest BCUT2D eigenvalue weighted by Crippen LogP contribution is 2.33. The molecule has 1 aliphatic carbocycles. The van der Waals surface area contributed by atoms with E-state index in [4.69, 9.17) is 16.3 Å². The van der Waals surface area contributed by atoms with Crippen LogP contribution in [0.15, 0.2) is 47.4 Å². The number of hydrogen-bond acceptors (Lipinski definition) is 5. The van der Waals surface area contributed by atoms with E-state index in [1.807, 2.05) is 0 Å². The van der Waals surface area contributed by atoms with Crippen molar-refractivity contribution in [1.82, 2.24) is 4.90 Å². The van der Waals surface area contributed by atoms with Crippen LogP contribution in [-0.2, 0) is 16.4 Å². The quantitative estimate of drug-likeness (QED) is 0.484. The number of sulfone groups is 1. The lowest BCUT2D eigenvalue weighted by atomic mass is 10.2. The highest BCUT2D eigenvalue weighted by atomic mass is 35.5. The van der Waals surface area contributed by atoms with Gasteiger partial charge < -0.3 is 9.47 Å². The van der Waals surface area contributed by atoms with Crippen LogP contribution < -0.4 is 9.47 Å². The van der Waals surface area contributed by atoms with Crippen LogP contribution in [0.2, 0.25) is 5.02 Å². The highest BCUT2D eigenvalue weighted by molar-refractivity contribution is 7.91. The number of rotatable bonds is 11. The Bertz CT molecular complexity index is 950. The molecule has 0 saturated heterocycles. The van der Waals surface area contributed by atoms with Gasteiger partial charge in [-0.2, -0.15) is 8.78 Å². The summed E-state index contributed by atoms with van der Waals surface area (Å²) in [6.45, 7) is 0.00669. The predicted molar refractivity (Wildman–Crippen MR) is 111 cm³/mol. The topological polar surface area (TPSA) is 55.8 Å². The molecule has 5 nitrogen and oxygen atoms in total. The molecule has 0 amide bonds. The number of hydrogen-bond donors (Lipinski definition) is 0. The Morgan fingerprint density at radius 3 is 2.43 bits per heavy atom. The molecule has 0 bridgehead atoms. The Morgan fingerprint density at radius 1 is 1.13 bits per heavy atom. The lowest BCUT2D eigenvalue weighted by molar-refractivity contribution is -0.0514. The van der Waals surface area contributed by atoms with Gasteiger partial charge in [0.1, 0.15) is 0 Å². The molecular weight excluding hydrogens is 436 g/mol. The second-order valence-corrected chi connectivity index (χ2v) is 9.61. The van der Waals surface area contributed by atoms with E-state index in [0.717, 1.165) is 18.4 Å². The van der Waals surface area contributed by atoms with E-state index in [-0.39, 0.29) is 22.1 Å². The lowest BCUT2D eigenvalue weighted by Crippen LogP contribution is -2.31. The van der Waals surface area contributed by atoms with Crippen LogP contribution in [0.25, 0.3) is 0 Å². The number of alkyl halides is 2. The summed E-state index contributed by atoms with van der Waals surface area (Å²) in [6, 6.07) is 11.3. The molecule has 3 rings (SSSR count). The van der Waals surface area contributed by atoms with Crippen molar-refractivity contribution in [3.63, 3.8) is 0 Å². The fourth-order valence-corrected chi connectivity index (χ4v) is 4.56. The molecule has 0 aromatic heterocycles. The Hall–Kier alpha value is -1.90. The molecule has 164 valence electrons. The number of halogens is 3. The highest BCUT2D eigenvalue weighted by Gasteiger charge is 2.30. The molecule has 1 aliphatic rings. The standard InChI is InChI=1S/C21H24ClF2NO4S/c1-2-28-20-13-15(3-10-19(20)29-21(23)24)14-25(17-6-7-17)11-12-30(26,27)18-8-4-16(22)5-9-18/h3-5,8-10,13,17,21H,2,6-7,11-12,14H2,1H3. The molecule has 0 N–H and O–H groups in total. The van der Waals surface area contributed by atoms with E-state index in [1.165, 1.54) is 18.2 Å². The van der Waals surface area contributed by atoms with Gasteiger partial charge in [0.15, 0.2) is 21.3 Å². The van der Waals surface area contributed by atoms with E-state index in [1.54, 1.807) is 31.2 Å². The first-order valence-corrected chi connectivity index (χ1v) is 11.7. The van der Waals surface area contributed by atoms with Crippen molar-refractivity contribution < 1.29 is 26.7 Å². The summed E-state index contributed by atoms with van der Waals surface area (Å²) in [6.07, 6.45) is 2.01. The van der Waals surface area contributed by atoms with Gasteiger partial charge in [0.2, 0.25) is 0 Å². The second-order valence-electron chi connectivity index (χ2n) is 7.07. The maximum atomic E-state index is 12.7. The van der Waals surface area contributed by atoms with Crippen LogP contribution in [-0.4, -0.2) is 44.9 Å². The van der Waals surface area contributed by atoms with Gasteiger partial charge in [-0.15, -0.1) is 0 Å². The Labute approximate surface area is 180 Å². The van der Waals surface area contributed by atoms with Crippen LogP contribution in [0, 0.1) is 0 Å². The van der Waals surface area contributed by atoms with Crippen molar-refractivity contribution >= 4 is 21.4 Å². The Balaban J connectivity index is 1.70. The van der Waals surface area contributed by atoms with E-state index < -0.39 is 16.4 Å². The predicted octanol–water partition coefficient (Wildman–Crippen LogP) is 4.78. The lowest BCUT2D eigenvalue weighted by Gasteiger charge is -2.23. The third kappa shape index (κ3) is 6.30. The number of benzene rings is 2. The van der Waals surface area contributed by atoms with Gasteiger partial charge in [-0.25, -0.2) is 8.42 Å². The zero-order valence-corrected chi connectivity index (χ0v) is 18.1.